The van der Waals surface area contributed by atoms with Gasteiger partial charge in [0.1, 0.15) is 0 Å². The third-order valence-corrected chi connectivity index (χ3v) is 4.20. The molecular formula is C13H15BrClN3. The largest absolute Gasteiger partial charge is 0.377 e. The average molecular weight is 329 g/mol. The van der Waals surface area contributed by atoms with Crippen LogP contribution in [-0.2, 0) is 6.54 Å². The highest BCUT2D eigenvalue weighted by atomic mass is 79.9. The van der Waals surface area contributed by atoms with Gasteiger partial charge in [-0.2, -0.15) is 5.10 Å². The fourth-order valence-electron chi connectivity index (χ4n) is 1.71. The summed E-state index contributed by atoms with van der Waals surface area (Å²) in [6.45, 7) is 5.06. The van der Waals surface area contributed by atoms with Crippen LogP contribution < -0.4 is 5.32 Å². The van der Waals surface area contributed by atoms with Gasteiger partial charge < -0.3 is 5.32 Å². The second-order valence-corrected chi connectivity index (χ2v) is 5.30. The number of hydrogen-bond donors (Lipinski definition) is 1. The highest BCUT2D eigenvalue weighted by Crippen LogP contribution is 2.32. The van der Waals surface area contributed by atoms with Crippen LogP contribution in [0.4, 0.5) is 5.69 Å². The minimum absolute atomic E-state index is 0.181. The van der Waals surface area contributed by atoms with Gasteiger partial charge in [-0.05, 0) is 41.9 Å². The molecule has 96 valence electrons. The predicted octanol–water partition coefficient (Wildman–Crippen LogP) is 4.49. The topological polar surface area (TPSA) is 29.9 Å². The van der Waals surface area contributed by atoms with E-state index in [1.165, 1.54) is 0 Å². The average Bonchev–Trinajstić information content (AvgIpc) is 2.83. The fraction of sp³-hybridized carbons (Fsp3) is 0.308. The summed E-state index contributed by atoms with van der Waals surface area (Å²) in [5.41, 5.74) is 2.14. The minimum atomic E-state index is 0.181. The van der Waals surface area contributed by atoms with Crippen molar-refractivity contribution in [1.82, 2.24) is 9.78 Å². The molecule has 0 saturated heterocycles. The Balaban J connectivity index is 2.15. The summed E-state index contributed by atoms with van der Waals surface area (Å²) in [5, 5.41) is 8.40. The lowest BCUT2D eigenvalue weighted by molar-refractivity contribution is 0.658. The number of aromatic nitrogens is 2. The number of benzene rings is 1. The van der Waals surface area contributed by atoms with Crippen LogP contribution in [0.15, 0.2) is 35.1 Å². The molecule has 3 nitrogen and oxygen atoms in total. The molecule has 18 heavy (non-hydrogen) atoms. The van der Waals surface area contributed by atoms with Crippen LogP contribution >= 0.6 is 27.5 Å². The van der Waals surface area contributed by atoms with Crippen molar-refractivity contribution in [2.75, 3.05) is 5.32 Å². The molecule has 1 aromatic heterocycles. The first-order valence-electron chi connectivity index (χ1n) is 5.84. The van der Waals surface area contributed by atoms with E-state index < -0.39 is 0 Å². The van der Waals surface area contributed by atoms with Gasteiger partial charge in [0, 0.05) is 18.3 Å². The number of rotatable bonds is 4. The lowest BCUT2D eigenvalue weighted by Crippen LogP contribution is -2.06. The maximum atomic E-state index is 6.07. The van der Waals surface area contributed by atoms with Crippen LogP contribution in [0.3, 0.4) is 0 Å². The Morgan fingerprint density at radius 2 is 2.28 bits per heavy atom. The van der Waals surface area contributed by atoms with E-state index in [1.807, 2.05) is 29.1 Å². The van der Waals surface area contributed by atoms with Crippen molar-refractivity contribution < 1.29 is 0 Å². The van der Waals surface area contributed by atoms with Crippen molar-refractivity contribution in [1.29, 1.82) is 0 Å². The lowest BCUT2D eigenvalue weighted by Gasteiger charge is -2.15. The van der Waals surface area contributed by atoms with Crippen molar-refractivity contribution in [2.24, 2.45) is 0 Å². The molecule has 0 amide bonds. The lowest BCUT2D eigenvalue weighted by atomic mass is 10.2. The molecule has 0 saturated carbocycles. The summed E-state index contributed by atoms with van der Waals surface area (Å²) in [6.07, 6.45) is 3.94. The number of aryl methyl sites for hydroxylation is 1. The summed E-state index contributed by atoms with van der Waals surface area (Å²) in [4.78, 5) is 0. The number of anilines is 1. The zero-order valence-electron chi connectivity index (χ0n) is 10.3. The zero-order chi connectivity index (χ0) is 13.1. The van der Waals surface area contributed by atoms with E-state index in [0.29, 0.717) is 5.02 Å². The standard InChI is InChI=1S/C13H15BrClN3/c1-3-18-8-10(7-16-18)9(2)17-12-6-4-5-11(15)13(12)14/h4-9,17H,3H2,1-2H3. The summed E-state index contributed by atoms with van der Waals surface area (Å²) in [7, 11) is 0. The molecule has 0 aliphatic carbocycles. The molecule has 0 spiro atoms. The molecule has 1 unspecified atom stereocenters. The molecule has 0 fully saturated rings. The second-order valence-electron chi connectivity index (χ2n) is 4.10. The van der Waals surface area contributed by atoms with Crippen LogP contribution in [0, 0.1) is 0 Å². The van der Waals surface area contributed by atoms with E-state index in [0.717, 1.165) is 22.3 Å². The molecule has 0 aliphatic heterocycles. The highest BCUT2D eigenvalue weighted by molar-refractivity contribution is 9.10. The van der Waals surface area contributed by atoms with Gasteiger partial charge in [0.05, 0.1) is 27.4 Å². The molecule has 1 N–H and O–H groups in total. The first kappa shape index (κ1) is 13.4. The van der Waals surface area contributed by atoms with Gasteiger partial charge in [-0.15, -0.1) is 0 Å². The van der Waals surface area contributed by atoms with Crippen LogP contribution in [-0.4, -0.2) is 9.78 Å². The van der Waals surface area contributed by atoms with E-state index in [1.54, 1.807) is 0 Å². The van der Waals surface area contributed by atoms with Crippen LogP contribution in [0.5, 0.6) is 0 Å². The SMILES string of the molecule is CCn1cc(C(C)Nc2cccc(Cl)c2Br)cn1. The molecular weight excluding hydrogens is 314 g/mol. The number of hydrogen-bond acceptors (Lipinski definition) is 2. The van der Waals surface area contributed by atoms with Gasteiger partial charge in [-0.25, -0.2) is 0 Å². The van der Waals surface area contributed by atoms with E-state index in [9.17, 15) is 0 Å². The van der Waals surface area contributed by atoms with Crippen molar-refractivity contribution in [3.63, 3.8) is 0 Å². The number of nitrogens with zero attached hydrogens (tertiary/aromatic N) is 2. The van der Waals surface area contributed by atoms with E-state index in [2.05, 4.69) is 46.4 Å². The van der Waals surface area contributed by atoms with Gasteiger partial charge in [0.2, 0.25) is 0 Å². The summed E-state index contributed by atoms with van der Waals surface area (Å²) in [6, 6.07) is 5.96. The zero-order valence-corrected chi connectivity index (χ0v) is 12.7. The molecule has 0 radical (unpaired) electrons. The van der Waals surface area contributed by atoms with Gasteiger partial charge >= 0.3 is 0 Å². The van der Waals surface area contributed by atoms with Gasteiger partial charge in [-0.1, -0.05) is 17.7 Å². The molecule has 5 heteroatoms. The van der Waals surface area contributed by atoms with Crippen molar-refractivity contribution in [2.45, 2.75) is 26.4 Å². The Morgan fingerprint density at radius 3 is 2.94 bits per heavy atom. The first-order valence-corrected chi connectivity index (χ1v) is 7.01. The molecule has 2 rings (SSSR count). The van der Waals surface area contributed by atoms with Crippen LogP contribution in [0.25, 0.3) is 0 Å². The van der Waals surface area contributed by atoms with E-state index in [-0.39, 0.29) is 6.04 Å². The normalized spacial score (nSPS) is 12.4. The predicted molar refractivity (Wildman–Crippen MR) is 79.1 cm³/mol. The maximum absolute atomic E-state index is 6.07. The third kappa shape index (κ3) is 2.87. The quantitative estimate of drug-likeness (QED) is 0.896. The van der Waals surface area contributed by atoms with Crippen LogP contribution in [0.1, 0.15) is 25.5 Å². The Hall–Kier alpha value is -1.00. The van der Waals surface area contributed by atoms with Crippen molar-refractivity contribution in [3.05, 3.63) is 45.7 Å². The molecule has 0 bridgehead atoms. The maximum Gasteiger partial charge on any atom is 0.0593 e. The molecule has 2 aromatic rings. The fourth-order valence-corrected chi connectivity index (χ4v) is 2.26. The number of nitrogens with one attached hydrogen (secondary N) is 1. The van der Waals surface area contributed by atoms with E-state index in [4.69, 9.17) is 11.6 Å². The van der Waals surface area contributed by atoms with Gasteiger partial charge in [0.25, 0.3) is 0 Å². The number of halogens is 2. The summed E-state index contributed by atoms with van der Waals surface area (Å²) in [5.74, 6) is 0. The summed E-state index contributed by atoms with van der Waals surface area (Å²) < 4.78 is 2.81. The van der Waals surface area contributed by atoms with Crippen LogP contribution in [0.2, 0.25) is 5.02 Å². The second kappa shape index (κ2) is 5.76. The Bertz CT molecular complexity index is 539. The first-order chi connectivity index (χ1) is 8.61. The third-order valence-electron chi connectivity index (χ3n) is 2.80. The van der Waals surface area contributed by atoms with Gasteiger partial charge in [0.15, 0.2) is 0 Å². The smallest absolute Gasteiger partial charge is 0.0593 e. The Kier molecular flexibility index (Phi) is 4.30. The van der Waals surface area contributed by atoms with Gasteiger partial charge in [-0.3, -0.25) is 4.68 Å². The van der Waals surface area contributed by atoms with E-state index >= 15 is 0 Å². The minimum Gasteiger partial charge on any atom is -0.377 e. The highest BCUT2D eigenvalue weighted by Gasteiger charge is 2.10. The molecule has 1 heterocycles. The Morgan fingerprint density at radius 1 is 1.50 bits per heavy atom. The monoisotopic (exact) mass is 327 g/mol. The van der Waals surface area contributed by atoms with Crippen molar-refractivity contribution in [3.8, 4) is 0 Å². The molecule has 1 aromatic carbocycles. The Labute approximate surface area is 120 Å². The molecule has 0 aliphatic rings. The summed E-state index contributed by atoms with van der Waals surface area (Å²) >= 11 is 9.55. The molecule has 1 atom stereocenters. The van der Waals surface area contributed by atoms with Crippen molar-refractivity contribution >= 4 is 33.2 Å².